The quantitative estimate of drug-likeness (QED) is 0.926. The Morgan fingerprint density at radius 3 is 2.83 bits per heavy atom. The third-order valence-corrected chi connectivity index (χ3v) is 4.42. The molecule has 2 aromatic rings. The first-order valence-electron chi connectivity index (χ1n) is 7.74. The topological polar surface area (TPSA) is 62.6 Å². The first-order valence-corrected chi connectivity index (χ1v) is 7.74. The molecule has 1 saturated heterocycles. The minimum absolute atomic E-state index is 0.0850. The smallest absolute Gasteiger partial charge is 0.290 e. The van der Waals surface area contributed by atoms with E-state index in [9.17, 15) is 14.0 Å². The summed E-state index contributed by atoms with van der Waals surface area (Å²) in [6.07, 6.45) is 2.36. The molecule has 1 aliphatic rings. The third-order valence-electron chi connectivity index (χ3n) is 4.42. The number of likely N-dealkylation sites (tertiary alicyclic amines) is 1. The first-order chi connectivity index (χ1) is 11.0. The molecule has 1 N–H and O–H groups in total. The van der Waals surface area contributed by atoms with Crippen LogP contribution in [0.25, 0.3) is 11.0 Å². The zero-order valence-electron chi connectivity index (χ0n) is 13.2. The fraction of sp³-hybridized carbons (Fsp3) is 0.412. The second kappa shape index (κ2) is 6.02. The van der Waals surface area contributed by atoms with Crippen LogP contribution in [0.1, 0.15) is 35.4 Å². The molecular weight excluding hydrogens is 299 g/mol. The maximum atomic E-state index is 13.9. The van der Waals surface area contributed by atoms with Crippen LogP contribution in [-0.4, -0.2) is 36.3 Å². The molecule has 0 radical (unpaired) electrons. The van der Waals surface area contributed by atoms with E-state index >= 15 is 0 Å². The lowest BCUT2D eigenvalue weighted by atomic mass is 10.0. The maximum absolute atomic E-state index is 13.9. The van der Waals surface area contributed by atoms with Crippen LogP contribution in [0.4, 0.5) is 4.39 Å². The molecule has 1 aliphatic heterocycles. The summed E-state index contributed by atoms with van der Waals surface area (Å²) in [5.74, 6) is -0.920. The first kappa shape index (κ1) is 15.5. The summed E-state index contributed by atoms with van der Waals surface area (Å²) in [6, 6.07) is 4.11. The standard InChI is InChI=1S/C17H19FN2O3/c1-10-11-6-5-7-12(18)15(11)23-14(10)17(22)20-9-4-3-8-13(20)16(21)19-2/h5-7,13H,3-4,8-9H2,1-2H3,(H,19,21)/t13-/m1/s1. The summed E-state index contributed by atoms with van der Waals surface area (Å²) in [7, 11) is 1.56. The summed E-state index contributed by atoms with van der Waals surface area (Å²) >= 11 is 0. The molecule has 1 fully saturated rings. The van der Waals surface area contributed by atoms with Gasteiger partial charge in [0.15, 0.2) is 17.2 Å². The van der Waals surface area contributed by atoms with Gasteiger partial charge in [0.25, 0.3) is 5.91 Å². The number of nitrogens with zero attached hydrogens (tertiary/aromatic N) is 1. The summed E-state index contributed by atoms with van der Waals surface area (Å²) in [5.41, 5.74) is 0.688. The Morgan fingerprint density at radius 2 is 2.13 bits per heavy atom. The fourth-order valence-electron chi connectivity index (χ4n) is 3.16. The van der Waals surface area contributed by atoms with Gasteiger partial charge in [0.05, 0.1) is 0 Å². The number of halogens is 1. The molecule has 23 heavy (non-hydrogen) atoms. The van der Waals surface area contributed by atoms with Gasteiger partial charge in [0, 0.05) is 24.5 Å². The van der Waals surface area contributed by atoms with Crippen molar-refractivity contribution >= 4 is 22.8 Å². The predicted octanol–water partition coefficient (Wildman–Crippen LogP) is 2.62. The number of amides is 2. The molecule has 2 heterocycles. The van der Waals surface area contributed by atoms with Crippen molar-refractivity contribution in [3.63, 3.8) is 0 Å². The van der Waals surface area contributed by atoms with Crippen LogP contribution in [0.2, 0.25) is 0 Å². The largest absolute Gasteiger partial charge is 0.448 e. The van der Waals surface area contributed by atoms with Crippen molar-refractivity contribution in [3.05, 3.63) is 35.3 Å². The number of carbonyl (C=O) groups is 2. The number of piperidine rings is 1. The van der Waals surface area contributed by atoms with Gasteiger partial charge < -0.3 is 14.6 Å². The van der Waals surface area contributed by atoms with Crippen LogP contribution in [0.15, 0.2) is 22.6 Å². The number of fused-ring (bicyclic) bond motifs is 1. The number of hydrogen-bond acceptors (Lipinski definition) is 3. The number of nitrogens with one attached hydrogen (secondary N) is 1. The second-order valence-corrected chi connectivity index (χ2v) is 5.80. The van der Waals surface area contributed by atoms with Crippen LogP contribution in [0, 0.1) is 12.7 Å². The summed E-state index contributed by atoms with van der Waals surface area (Å²) in [5, 5.41) is 3.18. The van der Waals surface area contributed by atoms with Gasteiger partial charge in [0.1, 0.15) is 6.04 Å². The van der Waals surface area contributed by atoms with Crippen molar-refractivity contribution in [2.24, 2.45) is 0 Å². The lowest BCUT2D eigenvalue weighted by Gasteiger charge is -2.33. The molecule has 0 spiro atoms. The minimum Gasteiger partial charge on any atom is -0.448 e. The van der Waals surface area contributed by atoms with Gasteiger partial charge >= 0.3 is 0 Å². The summed E-state index contributed by atoms with van der Waals surface area (Å²) in [4.78, 5) is 26.4. The maximum Gasteiger partial charge on any atom is 0.290 e. The highest BCUT2D eigenvalue weighted by molar-refractivity contribution is 6.01. The zero-order valence-corrected chi connectivity index (χ0v) is 13.2. The normalized spacial score (nSPS) is 18.2. The highest BCUT2D eigenvalue weighted by atomic mass is 19.1. The molecule has 122 valence electrons. The van der Waals surface area contributed by atoms with Gasteiger partial charge in [-0.15, -0.1) is 0 Å². The molecule has 0 saturated carbocycles. The van der Waals surface area contributed by atoms with Gasteiger partial charge in [0.2, 0.25) is 5.91 Å². The Morgan fingerprint density at radius 1 is 1.35 bits per heavy atom. The Balaban J connectivity index is 2.00. The van der Waals surface area contributed by atoms with E-state index in [1.165, 1.54) is 11.0 Å². The van der Waals surface area contributed by atoms with Crippen LogP contribution in [-0.2, 0) is 4.79 Å². The van der Waals surface area contributed by atoms with Crippen molar-refractivity contribution in [1.82, 2.24) is 10.2 Å². The Hall–Kier alpha value is -2.37. The van der Waals surface area contributed by atoms with Gasteiger partial charge in [-0.1, -0.05) is 12.1 Å². The number of para-hydroxylation sites is 1. The molecule has 2 amide bonds. The third kappa shape index (κ3) is 2.58. The van der Waals surface area contributed by atoms with E-state index in [-0.39, 0.29) is 23.2 Å². The zero-order chi connectivity index (χ0) is 16.6. The lowest BCUT2D eigenvalue weighted by Crippen LogP contribution is -2.51. The summed E-state index contributed by atoms with van der Waals surface area (Å²) < 4.78 is 19.4. The van der Waals surface area contributed by atoms with Crippen LogP contribution in [0.3, 0.4) is 0 Å². The Kier molecular flexibility index (Phi) is 4.07. The number of furan rings is 1. The van der Waals surface area contributed by atoms with Crippen LogP contribution >= 0.6 is 0 Å². The molecule has 1 aromatic heterocycles. The number of likely N-dealkylation sites (N-methyl/N-ethyl adjacent to an activating group) is 1. The highest BCUT2D eigenvalue weighted by Gasteiger charge is 2.34. The van der Waals surface area contributed by atoms with Gasteiger partial charge in [-0.25, -0.2) is 4.39 Å². The van der Waals surface area contributed by atoms with Gasteiger partial charge in [-0.3, -0.25) is 9.59 Å². The molecule has 3 rings (SSSR count). The monoisotopic (exact) mass is 318 g/mol. The Labute approximate surface area is 133 Å². The molecular formula is C17H19FN2O3. The van der Waals surface area contributed by atoms with Gasteiger partial charge in [-0.2, -0.15) is 0 Å². The number of aryl methyl sites for hydroxylation is 1. The fourth-order valence-corrected chi connectivity index (χ4v) is 3.16. The predicted molar refractivity (Wildman–Crippen MR) is 83.7 cm³/mol. The molecule has 0 bridgehead atoms. The van der Waals surface area contributed by atoms with E-state index < -0.39 is 11.9 Å². The lowest BCUT2D eigenvalue weighted by molar-refractivity contribution is -0.126. The average molecular weight is 318 g/mol. The number of rotatable bonds is 2. The molecule has 5 nitrogen and oxygen atoms in total. The molecule has 1 atom stereocenters. The van der Waals surface area contributed by atoms with Crippen molar-refractivity contribution in [3.8, 4) is 0 Å². The van der Waals surface area contributed by atoms with Crippen LogP contribution < -0.4 is 5.32 Å². The number of benzene rings is 1. The molecule has 1 aromatic carbocycles. The summed E-state index contributed by atoms with van der Waals surface area (Å²) in [6.45, 7) is 2.23. The van der Waals surface area contributed by atoms with E-state index in [0.717, 1.165) is 12.8 Å². The highest BCUT2D eigenvalue weighted by Crippen LogP contribution is 2.29. The molecule has 6 heteroatoms. The van der Waals surface area contributed by atoms with E-state index in [0.29, 0.717) is 23.9 Å². The second-order valence-electron chi connectivity index (χ2n) is 5.80. The minimum atomic E-state index is -0.501. The SMILES string of the molecule is CNC(=O)[C@H]1CCCCN1C(=O)c1oc2c(F)cccc2c1C. The van der Waals surface area contributed by atoms with E-state index in [2.05, 4.69) is 5.32 Å². The van der Waals surface area contributed by atoms with E-state index in [1.807, 2.05) is 0 Å². The number of hydrogen-bond donors (Lipinski definition) is 1. The number of carbonyl (C=O) groups excluding carboxylic acids is 2. The Bertz CT molecular complexity index is 769. The van der Waals surface area contributed by atoms with Crippen molar-refractivity contribution in [2.45, 2.75) is 32.2 Å². The van der Waals surface area contributed by atoms with Crippen LogP contribution in [0.5, 0.6) is 0 Å². The molecule has 0 unspecified atom stereocenters. The van der Waals surface area contributed by atoms with Crippen molar-refractivity contribution < 1.29 is 18.4 Å². The van der Waals surface area contributed by atoms with Crippen molar-refractivity contribution in [2.75, 3.05) is 13.6 Å². The molecule has 0 aliphatic carbocycles. The van der Waals surface area contributed by atoms with Gasteiger partial charge in [-0.05, 0) is 32.3 Å². The average Bonchev–Trinajstić information content (AvgIpc) is 2.92. The van der Waals surface area contributed by atoms with E-state index in [4.69, 9.17) is 4.42 Å². The van der Waals surface area contributed by atoms with Crippen molar-refractivity contribution in [1.29, 1.82) is 0 Å². The van der Waals surface area contributed by atoms with E-state index in [1.54, 1.807) is 26.1 Å².